The van der Waals surface area contributed by atoms with Crippen LogP contribution in [0.5, 0.6) is 11.5 Å². The van der Waals surface area contributed by atoms with E-state index in [1.807, 2.05) is 0 Å². The highest BCUT2D eigenvalue weighted by atomic mass is 32.2. The van der Waals surface area contributed by atoms with E-state index in [0.29, 0.717) is 17.4 Å². The predicted octanol–water partition coefficient (Wildman–Crippen LogP) is 2.78. The van der Waals surface area contributed by atoms with Crippen LogP contribution in [0.2, 0.25) is 0 Å². The van der Waals surface area contributed by atoms with Gasteiger partial charge in [0.05, 0.1) is 31.3 Å². The molecule has 1 fully saturated rings. The summed E-state index contributed by atoms with van der Waals surface area (Å²) in [6, 6.07) is 12.4. The van der Waals surface area contributed by atoms with E-state index in [-0.39, 0.29) is 16.5 Å². The van der Waals surface area contributed by atoms with Gasteiger partial charge in [0, 0.05) is 37.1 Å². The normalized spacial score (nSPS) is 15.5. The number of carbonyl (C=O) groups is 2. The van der Waals surface area contributed by atoms with Gasteiger partial charge in [0.15, 0.2) is 0 Å². The SMILES string of the molecule is COc1ccc(S(=O)(=O)[C@@](N)(CNC(=O)c2ccc(N3CCC(Nc4ncccn4)CC3)c(OC)c2)C(=O)OC(C)(C)C)cc1. The van der Waals surface area contributed by atoms with Gasteiger partial charge < -0.3 is 35.5 Å². The molecule has 1 aliphatic rings. The molecule has 242 valence electrons. The molecule has 2 aromatic carbocycles. The van der Waals surface area contributed by atoms with Crippen molar-refractivity contribution in [3.8, 4) is 11.5 Å². The number of benzene rings is 2. The Morgan fingerprint density at radius 1 is 1.00 bits per heavy atom. The third-order valence-electron chi connectivity index (χ3n) is 7.28. The fourth-order valence-corrected chi connectivity index (χ4v) is 6.26. The van der Waals surface area contributed by atoms with Crippen molar-refractivity contribution in [2.24, 2.45) is 5.73 Å². The number of rotatable bonds is 11. The molecule has 0 spiro atoms. The summed E-state index contributed by atoms with van der Waals surface area (Å²) in [4.78, 5) is 34.3. The number of piperidine rings is 1. The van der Waals surface area contributed by atoms with Crippen molar-refractivity contribution in [2.45, 2.75) is 55.0 Å². The van der Waals surface area contributed by atoms with Gasteiger partial charge in [-0.25, -0.2) is 23.2 Å². The van der Waals surface area contributed by atoms with E-state index in [4.69, 9.17) is 19.9 Å². The molecule has 1 atom stereocenters. The molecule has 0 bridgehead atoms. The molecule has 1 amide bonds. The number of anilines is 2. The smallest absolute Gasteiger partial charge is 0.344 e. The molecule has 2 heterocycles. The molecule has 14 heteroatoms. The fraction of sp³-hybridized carbons (Fsp3) is 0.419. The molecule has 13 nitrogen and oxygen atoms in total. The average molecular weight is 641 g/mol. The number of aromatic nitrogens is 2. The van der Waals surface area contributed by atoms with Crippen LogP contribution in [-0.4, -0.2) is 80.6 Å². The van der Waals surface area contributed by atoms with Crippen molar-refractivity contribution in [3.05, 3.63) is 66.5 Å². The first-order chi connectivity index (χ1) is 21.3. The van der Waals surface area contributed by atoms with Gasteiger partial charge >= 0.3 is 5.97 Å². The summed E-state index contributed by atoms with van der Waals surface area (Å²) >= 11 is 0. The zero-order chi connectivity index (χ0) is 32.8. The zero-order valence-corrected chi connectivity index (χ0v) is 26.9. The van der Waals surface area contributed by atoms with Gasteiger partial charge in [0.2, 0.25) is 20.7 Å². The van der Waals surface area contributed by atoms with Crippen LogP contribution in [-0.2, 0) is 19.4 Å². The number of methoxy groups -OCH3 is 2. The number of amides is 1. The van der Waals surface area contributed by atoms with E-state index >= 15 is 0 Å². The summed E-state index contributed by atoms with van der Waals surface area (Å²) in [6.45, 7) is 5.50. The molecule has 45 heavy (non-hydrogen) atoms. The first-order valence-corrected chi connectivity index (χ1v) is 15.9. The maximum Gasteiger partial charge on any atom is 0.344 e. The first kappa shape index (κ1) is 33.5. The molecular formula is C31H40N6O7S. The summed E-state index contributed by atoms with van der Waals surface area (Å²) in [5.74, 6) is -0.363. The van der Waals surface area contributed by atoms with E-state index in [2.05, 4.69) is 25.5 Å². The number of nitrogens with one attached hydrogen (secondary N) is 2. The quantitative estimate of drug-likeness (QED) is 0.262. The van der Waals surface area contributed by atoms with Crippen molar-refractivity contribution < 1.29 is 32.2 Å². The molecule has 0 radical (unpaired) electrons. The maximum atomic E-state index is 13.7. The lowest BCUT2D eigenvalue weighted by atomic mass is 10.0. The standard InChI is InChI=1S/C31H40N6O7S/c1-30(2,3)44-28(39)31(32,45(40,41)24-10-8-23(42-4)9-11-24)20-35-27(38)21-7-12-25(26(19-21)43-5)37-17-13-22(14-18-37)36-29-33-15-6-16-34-29/h6-12,15-16,19,22H,13-14,17-18,20,32H2,1-5H3,(H,35,38)(H,33,34,36)/t31-/m0/s1. The van der Waals surface area contributed by atoms with Crippen LogP contribution in [0.25, 0.3) is 0 Å². The third-order valence-corrected chi connectivity index (χ3v) is 9.44. The van der Waals surface area contributed by atoms with Crippen LogP contribution in [0, 0.1) is 0 Å². The molecule has 1 aliphatic heterocycles. The predicted molar refractivity (Wildman–Crippen MR) is 169 cm³/mol. The van der Waals surface area contributed by atoms with E-state index in [1.54, 1.807) is 57.4 Å². The molecule has 4 N–H and O–H groups in total. The molecule has 0 unspecified atom stereocenters. The van der Waals surface area contributed by atoms with Crippen molar-refractivity contribution in [2.75, 3.05) is 44.1 Å². The van der Waals surface area contributed by atoms with Crippen LogP contribution < -0.4 is 30.7 Å². The molecular weight excluding hydrogens is 600 g/mol. The van der Waals surface area contributed by atoms with Crippen LogP contribution in [0.3, 0.4) is 0 Å². The van der Waals surface area contributed by atoms with Crippen molar-refractivity contribution in [1.82, 2.24) is 15.3 Å². The number of esters is 1. The third kappa shape index (κ3) is 7.81. The zero-order valence-electron chi connectivity index (χ0n) is 26.1. The Labute approximate surface area is 263 Å². The first-order valence-electron chi connectivity index (χ1n) is 14.4. The minimum atomic E-state index is -4.55. The average Bonchev–Trinajstić information content (AvgIpc) is 3.03. The Morgan fingerprint density at radius 3 is 2.22 bits per heavy atom. The summed E-state index contributed by atoms with van der Waals surface area (Å²) in [5.41, 5.74) is 6.31. The van der Waals surface area contributed by atoms with E-state index in [9.17, 15) is 18.0 Å². The maximum absolute atomic E-state index is 13.7. The minimum Gasteiger partial charge on any atom is -0.497 e. The molecule has 1 aromatic heterocycles. The van der Waals surface area contributed by atoms with E-state index in [0.717, 1.165) is 31.6 Å². The number of nitrogens with zero attached hydrogens (tertiary/aromatic N) is 3. The van der Waals surface area contributed by atoms with Gasteiger partial charge in [-0.15, -0.1) is 0 Å². The second kappa shape index (κ2) is 13.7. The highest BCUT2D eigenvalue weighted by Crippen LogP contribution is 2.32. The summed E-state index contributed by atoms with van der Waals surface area (Å²) in [6.07, 6.45) is 5.07. The summed E-state index contributed by atoms with van der Waals surface area (Å²) < 4.78 is 43.6. The van der Waals surface area contributed by atoms with Gasteiger partial charge in [-0.1, -0.05) is 0 Å². The lowest BCUT2D eigenvalue weighted by molar-refractivity contribution is -0.157. The Morgan fingerprint density at radius 2 is 1.64 bits per heavy atom. The van der Waals surface area contributed by atoms with E-state index < -0.39 is 38.7 Å². The highest BCUT2D eigenvalue weighted by Gasteiger charge is 2.51. The van der Waals surface area contributed by atoms with E-state index in [1.165, 1.54) is 38.5 Å². The lowest BCUT2D eigenvalue weighted by Crippen LogP contribution is -2.62. The minimum absolute atomic E-state index is 0.196. The second-order valence-corrected chi connectivity index (χ2v) is 13.8. The van der Waals surface area contributed by atoms with Gasteiger partial charge in [-0.2, -0.15) is 0 Å². The molecule has 3 aromatic rings. The monoisotopic (exact) mass is 640 g/mol. The number of carbonyl (C=O) groups excluding carboxylic acids is 2. The Bertz CT molecular complexity index is 1590. The number of nitrogens with two attached hydrogens (primary N) is 1. The summed E-state index contributed by atoms with van der Waals surface area (Å²) in [5, 5.41) is 5.88. The van der Waals surface area contributed by atoms with Crippen molar-refractivity contribution >= 4 is 33.3 Å². The van der Waals surface area contributed by atoms with Gasteiger partial charge in [0.25, 0.3) is 5.91 Å². The number of hydrogen-bond acceptors (Lipinski definition) is 12. The summed E-state index contributed by atoms with van der Waals surface area (Å²) in [7, 11) is -1.59. The molecule has 1 saturated heterocycles. The van der Waals surface area contributed by atoms with Gasteiger partial charge in [-0.05, 0) is 82.1 Å². The van der Waals surface area contributed by atoms with Crippen LogP contribution in [0.4, 0.5) is 11.6 Å². The van der Waals surface area contributed by atoms with Crippen molar-refractivity contribution in [3.63, 3.8) is 0 Å². The molecule has 0 saturated carbocycles. The van der Waals surface area contributed by atoms with Crippen LogP contribution in [0.15, 0.2) is 65.8 Å². The topological polar surface area (TPSA) is 175 Å². The van der Waals surface area contributed by atoms with Crippen LogP contribution >= 0.6 is 0 Å². The fourth-order valence-electron chi connectivity index (χ4n) is 4.82. The Balaban J connectivity index is 1.49. The highest BCUT2D eigenvalue weighted by molar-refractivity contribution is 7.93. The number of sulfone groups is 1. The Kier molecular flexibility index (Phi) is 10.2. The molecule has 0 aliphatic carbocycles. The lowest BCUT2D eigenvalue weighted by Gasteiger charge is -2.34. The largest absolute Gasteiger partial charge is 0.497 e. The number of hydrogen-bond donors (Lipinski definition) is 3. The van der Waals surface area contributed by atoms with Gasteiger partial charge in [0.1, 0.15) is 17.1 Å². The second-order valence-electron chi connectivity index (χ2n) is 11.6. The van der Waals surface area contributed by atoms with Gasteiger partial charge in [-0.3, -0.25) is 4.79 Å². The number of ether oxygens (including phenoxy) is 3. The Hall–Kier alpha value is -4.43. The molecule has 4 rings (SSSR count). The van der Waals surface area contributed by atoms with Crippen molar-refractivity contribution in [1.29, 1.82) is 0 Å². The van der Waals surface area contributed by atoms with Crippen LogP contribution in [0.1, 0.15) is 44.0 Å².